The van der Waals surface area contributed by atoms with Crippen LogP contribution < -0.4 is 5.32 Å². The standard InChI is InChI=1S/C42H83NO4/c1-3-5-7-9-11-13-15-16-17-18-19-20-21-22-23-24-25-27-29-31-33-35-37-41(46)43-39(38-44)42(47)40(45)36-34-32-30-28-26-14-12-10-8-6-4-2/h21-22,39-40,42,44-45,47H,3-20,23-38H2,1-2H3,(H,43,46)/b22-21-. The average Bonchev–Trinajstić information content (AvgIpc) is 3.07. The number of allylic oxidation sites excluding steroid dienone is 2. The first-order valence-corrected chi connectivity index (χ1v) is 21.0. The predicted molar refractivity (Wildman–Crippen MR) is 204 cm³/mol. The van der Waals surface area contributed by atoms with Crippen molar-refractivity contribution in [1.29, 1.82) is 0 Å². The van der Waals surface area contributed by atoms with Gasteiger partial charge < -0.3 is 20.6 Å². The van der Waals surface area contributed by atoms with Crippen LogP contribution in [0.25, 0.3) is 0 Å². The maximum atomic E-state index is 12.4. The van der Waals surface area contributed by atoms with E-state index in [4.69, 9.17) is 0 Å². The Labute approximate surface area is 293 Å². The van der Waals surface area contributed by atoms with E-state index in [0.717, 1.165) is 38.5 Å². The van der Waals surface area contributed by atoms with Crippen molar-refractivity contribution in [1.82, 2.24) is 5.32 Å². The van der Waals surface area contributed by atoms with Crippen LogP contribution in [0.1, 0.15) is 226 Å². The summed E-state index contributed by atoms with van der Waals surface area (Å²) in [4.78, 5) is 12.4. The molecule has 5 heteroatoms. The first-order valence-electron chi connectivity index (χ1n) is 21.0. The van der Waals surface area contributed by atoms with Gasteiger partial charge in [-0.2, -0.15) is 0 Å². The van der Waals surface area contributed by atoms with Crippen LogP contribution in [0.3, 0.4) is 0 Å². The van der Waals surface area contributed by atoms with Gasteiger partial charge in [-0.15, -0.1) is 0 Å². The Kier molecular flexibility index (Phi) is 37.2. The summed E-state index contributed by atoms with van der Waals surface area (Å²) in [7, 11) is 0. The SMILES string of the molecule is CCCCCCCCCCCCC/C=C\CCCCCCCCCC(=O)NC(CO)C(O)C(O)CCCCCCCCCCCCC. The third-order valence-corrected chi connectivity index (χ3v) is 9.87. The van der Waals surface area contributed by atoms with E-state index >= 15 is 0 Å². The van der Waals surface area contributed by atoms with Gasteiger partial charge in [-0.1, -0.05) is 193 Å². The van der Waals surface area contributed by atoms with Crippen LogP contribution in [0.5, 0.6) is 0 Å². The van der Waals surface area contributed by atoms with Gasteiger partial charge >= 0.3 is 0 Å². The molecule has 0 aliphatic rings. The molecule has 0 bridgehead atoms. The van der Waals surface area contributed by atoms with Gasteiger partial charge in [-0.3, -0.25) is 4.79 Å². The lowest BCUT2D eigenvalue weighted by atomic mass is 9.99. The minimum Gasteiger partial charge on any atom is -0.394 e. The van der Waals surface area contributed by atoms with Crippen molar-refractivity contribution in [2.75, 3.05) is 6.61 Å². The molecule has 1 amide bonds. The van der Waals surface area contributed by atoms with E-state index in [-0.39, 0.29) is 12.5 Å². The van der Waals surface area contributed by atoms with Gasteiger partial charge in [-0.25, -0.2) is 0 Å². The van der Waals surface area contributed by atoms with Crippen molar-refractivity contribution in [2.45, 2.75) is 244 Å². The summed E-state index contributed by atoms with van der Waals surface area (Å²) in [6.45, 7) is 4.17. The van der Waals surface area contributed by atoms with Crippen LogP contribution in [0.15, 0.2) is 12.2 Å². The molecule has 0 aliphatic heterocycles. The van der Waals surface area contributed by atoms with Crippen LogP contribution in [0.4, 0.5) is 0 Å². The second-order valence-electron chi connectivity index (χ2n) is 14.5. The van der Waals surface area contributed by atoms with E-state index < -0.39 is 18.2 Å². The fraction of sp³-hybridized carbons (Fsp3) is 0.929. The van der Waals surface area contributed by atoms with Crippen molar-refractivity contribution < 1.29 is 20.1 Å². The van der Waals surface area contributed by atoms with Gasteiger partial charge in [0.2, 0.25) is 5.91 Å². The second kappa shape index (κ2) is 37.9. The molecule has 0 rings (SSSR count). The van der Waals surface area contributed by atoms with E-state index in [1.807, 2.05) is 0 Å². The number of aliphatic hydroxyl groups excluding tert-OH is 3. The zero-order valence-electron chi connectivity index (χ0n) is 31.7. The number of rotatable bonds is 38. The van der Waals surface area contributed by atoms with Crippen LogP contribution in [0, 0.1) is 0 Å². The molecule has 3 atom stereocenters. The van der Waals surface area contributed by atoms with Crippen molar-refractivity contribution in [3.8, 4) is 0 Å². The second-order valence-corrected chi connectivity index (χ2v) is 14.5. The molecule has 4 N–H and O–H groups in total. The maximum absolute atomic E-state index is 12.4. The number of hydrogen-bond donors (Lipinski definition) is 4. The van der Waals surface area contributed by atoms with Crippen LogP contribution in [-0.4, -0.2) is 46.1 Å². The summed E-state index contributed by atoms with van der Waals surface area (Å²) in [6.07, 6.45) is 43.2. The van der Waals surface area contributed by atoms with Gasteiger partial charge in [0.1, 0.15) is 6.10 Å². The molecule has 0 spiro atoms. The molecule has 0 heterocycles. The van der Waals surface area contributed by atoms with Crippen molar-refractivity contribution >= 4 is 5.91 Å². The highest BCUT2D eigenvalue weighted by molar-refractivity contribution is 5.76. The first-order chi connectivity index (χ1) is 23.1. The minimum atomic E-state index is -1.13. The number of carbonyl (C=O) groups is 1. The van der Waals surface area contributed by atoms with Gasteiger partial charge in [-0.05, 0) is 38.5 Å². The third-order valence-electron chi connectivity index (χ3n) is 9.87. The van der Waals surface area contributed by atoms with Crippen LogP contribution in [0.2, 0.25) is 0 Å². The molecule has 0 aliphatic carbocycles. The lowest BCUT2D eigenvalue weighted by Crippen LogP contribution is -2.50. The summed E-state index contributed by atoms with van der Waals surface area (Å²) in [5.74, 6) is -0.148. The Hall–Kier alpha value is -0.910. The molecule has 0 aromatic carbocycles. The van der Waals surface area contributed by atoms with Crippen molar-refractivity contribution in [3.63, 3.8) is 0 Å². The smallest absolute Gasteiger partial charge is 0.220 e. The minimum absolute atomic E-state index is 0.148. The molecule has 5 nitrogen and oxygen atoms in total. The average molecular weight is 666 g/mol. The summed E-state index contributed by atoms with van der Waals surface area (Å²) in [5, 5.41) is 33.4. The molecule has 280 valence electrons. The van der Waals surface area contributed by atoms with Crippen molar-refractivity contribution in [3.05, 3.63) is 12.2 Å². The fourth-order valence-corrected chi connectivity index (χ4v) is 6.57. The van der Waals surface area contributed by atoms with E-state index in [2.05, 4.69) is 31.3 Å². The highest BCUT2D eigenvalue weighted by Crippen LogP contribution is 2.16. The lowest BCUT2D eigenvalue weighted by molar-refractivity contribution is -0.124. The van der Waals surface area contributed by atoms with E-state index in [0.29, 0.717) is 12.8 Å². The highest BCUT2D eigenvalue weighted by Gasteiger charge is 2.26. The van der Waals surface area contributed by atoms with Gasteiger partial charge in [0, 0.05) is 6.42 Å². The molecule has 0 saturated carbocycles. The van der Waals surface area contributed by atoms with E-state index in [9.17, 15) is 20.1 Å². The molecule has 47 heavy (non-hydrogen) atoms. The number of unbranched alkanes of at least 4 members (excludes halogenated alkanes) is 28. The molecule has 0 aromatic rings. The fourth-order valence-electron chi connectivity index (χ4n) is 6.57. The summed E-state index contributed by atoms with van der Waals surface area (Å²) in [5.41, 5.74) is 0. The lowest BCUT2D eigenvalue weighted by Gasteiger charge is -2.26. The number of aliphatic hydroxyl groups is 3. The van der Waals surface area contributed by atoms with Gasteiger partial charge in [0.25, 0.3) is 0 Å². The Bertz CT molecular complexity index is 655. The van der Waals surface area contributed by atoms with Crippen LogP contribution in [-0.2, 0) is 4.79 Å². The number of carbonyl (C=O) groups excluding carboxylic acids is 1. The topological polar surface area (TPSA) is 89.8 Å². The monoisotopic (exact) mass is 666 g/mol. The van der Waals surface area contributed by atoms with Crippen LogP contribution >= 0.6 is 0 Å². The number of amides is 1. The zero-order valence-corrected chi connectivity index (χ0v) is 31.7. The maximum Gasteiger partial charge on any atom is 0.220 e. The summed E-state index contributed by atoms with van der Waals surface area (Å²) >= 11 is 0. The molecule has 3 unspecified atom stereocenters. The zero-order chi connectivity index (χ0) is 34.5. The molecular weight excluding hydrogens is 582 g/mol. The molecule has 0 aromatic heterocycles. The van der Waals surface area contributed by atoms with Gasteiger partial charge in [0.05, 0.1) is 18.8 Å². The first kappa shape index (κ1) is 46.1. The van der Waals surface area contributed by atoms with Gasteiger partial charge in [0.15, 0.2) is 0 Å². The normalized spacial score (nSPS) is 13.7. The largest absolute Gasteiger partial charge is 0.394 e. The molecular formula is C42H83NO4. The molecule has 0 radical (unpaired) electrons. The summed E-state index contributed by atoms with van der Waals surface area (Å²) < 4.78 is 0. The van der Waals surface area contributed by atoms with E-state index in [1.165, 1.54) is 161 Å². The quantitative estimate of drug-likeness (QED) is 0.0390. The van der Waals surface area contributed by atoms with Crippen molar-refractivity contribution in [2.24, 2.45) is 0 Å². The predicted octanol–water partition coefficient (Wildman–Crippen LogP) is 11.7. The number of nitrogens with one attached hydrogen (secondary N) is 1. The Morgan fingerprint density at radius 2 is 0.851 bits per heavy atom. The highest BCUT2D eigenvalue weighted by atomic mass is 16.3. The molecule has 0 fully saturated rings. The molecule has 0 saturated heterocycles. The Morgan fingerprint density at radius 3 is 1.23 bits per heavy atom. The van der Waals surface area contributed by atoms with E-state index in [1.54, 1.807) is 0 Å². The summed E-state index contributed by atoms with van der Waals surface area (Å²) in [6, 6.07) is -0.807. The Morgan fingerprint density at radius 1 is 0.511 bits per heavy atom. The third kappa shape index (κ3) is 33.4. The number of hydrogen-bond acceptors (Lipinski definition) is 4. The Balaban J connectivity index is 3.60.